The molecule has 1 amide bonds. The van der Waals surface area contributed by atoms with Crippen molar-refractivity contribution in [2.75, 3.05) is 19.0 Å². The SMILES string of the molecule is CC1CC(NC(=O)c2ccnc(NN)c2F)CCN1C. The second-order valence-electron chi connectivity index (χ2n) is 5.19. The topological polar surface area (TPSA) is 83.3 Å². The van der Waals surface area contributed by atoms with Crippen LogP contribution in [0.15, 0.2) is 12.3 Å². The first-order chi connectivity index (χ1) is 9.52. The van der Waals surface area contributed by atoms with E-state index in [2.05, 4.69) is 34.6 Å². The number of rotatable bonds is 3. The summed E-state index contributed by atoms with van der Waals surface area (Å²) in [7, 11) is 2.06. The van der Waals surface area contributed by atoms with Gasteiger partial charge in [0.25, 0.3) is 5.91 Å². The zero-order valence-electron chi connectivity index (χ0n) is 11.7. The van der Waals surface area contributed by atoms with Gasteiger partial charge in [0.1, 0.15) is 0 Å². The van der Waals surface area contributed by atoms with Crippen LogP contribution < -0.4 is 16.6 Å². The first-order valence-electron chi connectivity index (χ1n) is 6.65. The quantitative estimate of drug-likeness (QED) is 0.561. The smallest absolute Gasteiger partial charge is 0.254 e. The molecule has 7 heteroatoms. The van der Waals surface area contributed by atoms with Gasteiger partial charge in [-0.3, -0.25) is 4.79 Å². The van der Waals surface area contributed by atoms with Gasteiger partial charge in [-0.1, -0.05) is 0 Å². The van der Waals surface area contributed by atoms with Gasteiger partial charge < -0.3 is 15.6 Å². The molecule has 2 rings (SSSR count). The van der Waals surface area contributed by atoms with Crippen LogP contribution in [-0.2, 0) is 0 Å². The van der Waals surface area contributed by atoms with E-state index in [0.29, 0.717) is 6.04 Å². The van der Waals surface area contributed by atoms with Crippen LogP contribution in [-0.4, -0.2) is 41.5 Å². The van der Waals surface area contributed by atoms with Gasteiger partial charge in [0.15, 0.2) is 11.6 Å². The lowest BCUT2D eigenvalue weighted by Gasteiger charge is -2.35. The van der Waals surface area contributed by atoms with Crippen molar-refractivity contribution in [2.24, 2.45) is 5.84 Å². The predicted octanol–water partition coefficient (Wildman–Crippen LogP) is 0.719. The van der Waals surface area contributed by atoms with Gasteiger partial charge in [-0.2, -0.15) is 0 Å². The lowest BCUT2D eigenvalue weighted by atomic mass is 9.98. The number of carbonyl (C=O) groups excluding carboxylic acids is 1. The average Bonchev–Trinajstić information content (AvgIpc) is 2.43. The summed E-state index contributed by atoms with van der Waals surface area (Å²) in [6, 6.07) is 1.82. The zero-order valence-corrected chi connectivity index (χ0v) is 11.7. The Morgan fingerprint density at radius 1 is 1.60 bits per heavy atom. The van der Waals surface area contributed by atoms with Crippen LogP contribution in [0.3, 0.4) is 0 Å². The number of halogens is 1. The van der Waals surface area contributed by atoms with Crippen LogP contribution in [0.2, 0.25) is 0 Å². The highest BCUT2D eigenvalue weighted by atomic mass is 19.1. The van der Waals surface area contributed by atoms with Gasteiger partial charge in [-0.05, 0) is 32.9 Å². The van der Waals surface area contributed by atoms with Crippen LogP contribution in [0, 0.1) is 5.82 Å². The molecule has 2 unspecified atom stereocenters. The maximum Gasteiger partial charge on any atom is 0.254 e. The second-order valence-corrected chi connectivity index (χ2v) is 5.19. The Hall–Kier alpha value is -1.73. The lowest BCUT2D eigenvalue weighted by Crippen LogP contribution is -2.47. The van der Waals surface area contributed by atoms with Gasteiger partial charge in [-0.15, -0.1) is 0 Å². The van der Waals surface area contributed by atoms with E-state index in [1.54, 1.807) is 0 Å². The standard InChI is InChI=1S/C13H20FN5O/c1-8-7-9(4-6-19(8)2)17-13(20)10-3-5-16-12(18-15)11(10)14/h3,5,8-9H,4,6-7,15H2,1-2H3,(H,16,18)(H,17,20). The number of pyridine rings is 1. The number of piperidine rings is 1. The number of nitrogens with two attached hydrogens (primary N) is 1. The maximum absolute atomic E-state index is 13.9. The van der Waals surface area contributed by atoms with E-state index >= 15 is 0 Å². The van der Waals surface area contributed by atoms with Crippen LogP contribution in [0.25, 0.3) is 0 Å². The molecule has 0 aromatic carbocycles. The molecule has 1 aliphatic heterocycles. The molecule has 6 nitrogen and oxygen atoms in total. The predicted molar refractivity (Wildman–Crippen MR) is 74.6 cm³/mol. The lowest BCUT2D eigenvalue weighted by molar-refractivity contribution is 0.0892. The Labute approximate surface area is 117 Å². The average molecular weight is 281 g/mol. The Balaban J connectivity index is 2.05. The summed E-state index contributed by atoms with van der Waals surface area (Å²) in [4.78, 5) is 18.1. The summed E-state index contributed by atoms with van der Waals surface area (Å²) in [6.07, 6.45) is 3.07. The third-order valence-electron chi connectivity index (χ3n) is 3.81. The van der Waals surface area contributed by atoms with Crippen LogP contribution in [0.5, 0.6) is 0 Å². The molecule has 0 radical (unpaired) electrons. The number of nitrogens with zero attached hydrogens (tertiary/aromatic N) is 2. The van der Waals surface area contributed by atoms with Crippen molar-refractivity contribution in [3.8, 4) is 0 Å². The van der Waals surface area contributed by atoms with Crippen molar-refractivity contribution < 1.29 is 9.18 Å². The Morgan fingerprint density at radius 2 is 2.35 bits per heavy atom. The first kappa shape index (κ1) is 14.7. The van der Waals surface area contributed by atoms with Crippen LogP contribution in [0.4, 0.5) is 10.2 Å². The molecule has 4 N–H and O–H groups in total. The fourth-order valence-corrected chi connectivity index (χ4v) is 2.40. The fraction of sp³-hybridized carbons (Fsp3) is 0.538. The third-order valence-corrected chi connectivity index (χ3v) is 3.81. The molecule has 1 fully saturated rings. The number of aromatic nitrogens is 1. The van der Waals surface area contributed by atoms with Crippen molar-refractivity contribution >= 4 is 11.7 Å². The number of hydrazine groups is 1. The monoisotopic (exact) mass is 281 g/mol. The minimum atomic E-state index is -0.728. The van der Waals surface area contributed by atoms with E-state index in [9.17, 15) is 9.18 Å². The number of likely N-dealkylation sites (tertiary alicyclic amines) is 1. The van der Waals surface area contributed by atoms with Gasteiger partial charge in [0.05, 0.1) is 5.56 Å². The largest absolute Gasteiger partial charge is 0.349 e. The summed E-state index contributed by atoms with van der Waals surface area (Å²) in [5.41, 5.74) is 2.09. The third kappa shape index (κ3) is 3.05. The summed E-state index contributed by atoms with van der Waals surface area (Å²) in [6.45, 7) is 3.03. The van der Waals surface area contributed by atoms with Crippen molar-refractivity contribution in [2.45, 2.75) is 31.8 Å². The van der Waals surface area contributed by atoms with Crippen molar-refractivity contribution in [1.82, 2.24) is 15.2 Å². The molecule has 1 aliphatic rings. The second kappa shape index (κ2) is 6.15. The van der Waals surface area contributed by atoms with E-state index in [1.165, 1.54) is 12.3 Å². The van der Waals surface area contributed by atoms with Gasteiger partial charge in [-0.25, -0.2) is 15.2 Å². The molecular formula is C13H20FN5O. The van der Waals surface area contributed by atoms with Crippen molar-refractivity contribution in [1.29, 1.82) is 0 Å². The molecule has 1 saturated heterocycles. The number of amides is 1. The molecule has 2 atom stereocenters. The Bertz CT molecular complexity index is 496. The van der Waals surface area contributed by atoms with Gasteiger partial charge in [0, 0.05) is 24.8 Å². The molecule has 0 saturated carbocycles. The normalized spacial score (nSPS) is 23.4. The number of nitrogen functional groups attached to an aromatic ring is 1. The molecule has 2 heterocycles. The number of anilines is 1. The van der Waals surface area contributed by atoms with E-state index in [1.807, 2.05) is 0 Å². The molecule has 0 bridgehead atoms. The maximum atomic E-state index is 13.9. The summed E-state index contributed by atoms with van der Waals surface area (Å²) in [5.74, 6) is 3.86. The summed E-state index contributed by atoms with van der Waals surface area (Å²) >= 11 is 0. The van der Waals surface area contributed by atoms with Gasteiger partial charge in [0.2, 0.25) is 0 Å². The first-order valence-corrected chi connectivity index (χ1v) is 6.65. The molecule has 0 spiro atoms. The summed E-state index contributed by atoms with van der Waals surface area (Å²) < 4.78 is 13.9. The Kier molecular flexibility index (Phi) is 4.51. The number of hydrogen-bond acceptors (Lipinski definition) is 5. The van der Waals surface area contributed by atoms with Crippen molar-refractivity contribution in [3.63, 3.8) is 0 Å². The number of hydrogen-bond donors (Lipinski definition) is 3. The molecule has 0 aliphatic carbocycles. The van der Waals surface area contributed by atoms with E-state index < -0.39 is 11.7 Å². The van der Waals surface area contributed by atoms with E-state index in [0.717, 1.165) is 19.4 Å². The fourth-order valence-electron chi connectivity index (χ4n) is 2.40. The van der Waals surface area contributed by atoms with Crippen LogP contribution in [0.1, 0.15) is 30.1 Å². The minimum absolute atomic E-state index is 0.0421. The van der Waals surface area contributed by atoms with E-state index in [-0.39, 0.29) is 17.4 Å². The number of nitrogens with one attached hydrogen (secondary N) is 2. The molecule has 1 aromatic heterocycles. The van der Waals surface area contributed by atoms with Crippen molar-refractivity contribution in [3.05, 3.63) is 23.6 Å². The highest BCUT2D eigenvalue weighted by Crippen LogP contribution is 2.18. The zero-order chi connectivity index (χ0) is 14.7. The van der Waals surface area contributed by atoms with Gasteiger partial charge >= 0.3 is 0 Å². The highest BCUT2D eigenvalue weighted by molar-refractivity contribution is 5.95. The molecule has 20 heavy (non-hydrogen) atoms. The van der Waals surface area contributed by atoms with E-state index in [4.69, 9.17) is 5.84 Å². The summed E-state index contributed by atoms with van der Waals surface area (Å²) in [5, 5.41) is 2.88. The molecular weight excluding hydrogens is 261 g/mol. The highest BCUT2D eigenvalue weighted by Gasteiger charge is 2.25. The molecule has 110 valence electrons. The van der Waals surface area contributed by atoms with Crippen LogP contribution >= 0.6 is 0 Å². The number of carbonyl (C=O) groups is 1. The molecule has 1 aromatic rings. The Morgan fingerprint density at radius 3 is 3.00 bits per heavy atom. The minimum Gasteiger partial charge on any atom is -0.349 e.